The second-order valence-electron chi connectivity index (χ2n) is 5.29. The van der Waals surface area contributed by atoms with Gasteiger partial charge in [-0.2, -0.15) is 0 Å². The van der Waals surface area contributed by atoms with Crippen molar-refractivity contribution in [3.8, 4) is 5.75 Å². The molecule has 4 nitrogen and oxygen atoms in total. The molecule has 1 fully saturated rings. The van der Waals surface area contributed by atoms with E-state index in [9.17, 15) is 9.18 Å². The number of amides is 1. The van der Waals surface area contributed by atoms with Gasteiger partial charge in [0.2, 0.25) is 5.91 Å². The standard InChI is InChI=1S/C15H21FN2O2/c1-9(11-4-7-14(20-3)13(16)8-11)17-10(2)15(19)18-12-5-6-12/h4,7-10,12,17H,5-6H2,1-3H3,(H,18,19). The summed E-state index contributed by atoms with van der Waals surface area (Å²) in [7, 11) is 1.43. The minimum atomic E-state index is -0.395. The van der Waals surface area contributed by atoms with E-state index in [-0.39, 0.29) is 23.7 Å². The lowest BCUT2D eigenvalue weighted by atomic mass is 10.1. The van der Waals surface area contributed by atoms with Crippen LogP contribution in [0.4, 0.5) is 4.39 Å². The van der Waals surface area contributed by atoms with Crippen LogP contribution in [0.15, 0.2) is 18.2 Å². The molecule has 5 heteroatoms. The van der Waals surface area contributed by atoms with Gasteiger partial charge in [0.15, 0.2) is 11.6 Å². The Morgan fingerprint density at radius 2 is 2.10 bits per heavy atom. The molecule has 0 radical (unpaired) electrons. The average molecular weight is 280 g/mol. The van der Waals surface area contributed by atoms with Gasteiger partial charge in [-0.15, -0.1) is 0 Å². The van der Waals surface area contributed by atoms with E-state index in [1.54, 1.807) is 12.1 Å². The predicted molar refractivity (Wildman–Crippen MR) is 75.1 cm³/mol. The number of hydrogen-bond acceptors (Lipinski definition) is 3. The van der Waals surface area contributed by atoms with Gasteiger partial charge in [0.1, 0.15) is 0 Å². The largest absolute Gasteiger partial charge is 0.494 e. The molecule has 1 aliphatic carbocycles. The summed E-state index contributed by atoms with van der Waals surface area (Å²) >= 11 is 0. The first-order chi connectivity index (χ1) is 9.51. The Hall–Kier alpha value is -1.62. The molecule has 0 aromatic heterocycles. The van der Waals surface area contributed by atoms with Crippen LogP contribution in [0.1, 0.15) is 38.3 Å². The first-order valence-electron chi connectivity index (χ1n) is 6.91. The zero-order valence-electron chi connectivity index (χ0n) is 12.1. The van der Waals surface area contributed by atoms with Crippen molar-refractivity contribution < 1.29 is 13.9 Å². The Morgan fingerprint density at radius 3 is 2.65 bits per heavy atom. The first-order valence-corrected chi connectivity index (χ1v) is 6.91. The van der Waals surface area contributed by atoms with Crippen molar-refractivity contribution in [2.45, 2.75) is 44.8 Å². The van der Waals surface area contributed by atoms with Crippen LogP contribution in [0, 0.1) is 5.82 Å². The number of ether oxygens (including phenoxy) is 1. The molecule has 2 rings (SSSR count). The zero-order valence-corrected chi connectivity index (χ0v) is 12.1. The van der Waals surface area contributed by atoms with E-state index in [4.69, 9.17) is 4.74 Å². The normalized spacial score (nSPS) is 17.4. The molecule has 1 aromatic carbocycles. The molecular formula is C15H21FN2O2. The molecule has 1 saturated carbocycles. The molecule has 1 amide bonds. The highest BCUT2D eigenvalue weighted by Crippen LogP contribution is 2.22. The molecule has 0 saturated heterocycles. The predicted octanol–water partition coefficient (Wildman–Crippen LogP) is 2.15. The Bertz CT molecular complexity index is 489. The summed E-state index contributed by atoms with van der Waals surface area (Å²) in [5.74, 6) is -0.178. The van der Waals surface area contributed by atoms with Crippen molar-refractivity contribution in [3.63, 3.8) is 0 Å². The molecule has 0 bridgehead atoms. The zero-order chi connectivity index (χ0) is 14.7. The van der Waals surface area contributed by atoms with E-state index < -0.39 is 5.82 Å². The fraction of sp³-hybridized carbons (Fsp3) is 0.533. The third kappa shape index (κ3) is 3.70. The summed E-state index contributed by atoms with van der Waals surface area (Å²) < 4.78 is 18.5. The smallest absolute Gasteiger partial charge is 0.237 e. The molecule has 1 aromatic rings. The van der Waals surface area contributed by atoms with Crippen molar-refractivity contribution in [2.75, 3.05) is 7.11 Å². The topological polar surface area (TPSA) is 50.4 Å². The summed E-state index contributed by atoms with van der Waals surface area (Å²) in [5.41, 5.74) is 0.786. The molecule has 2 unspecified atom stereocenters. The van der Waals surface area contributed by atoms with Crippen LogP contribution in [0.25, 0.3) is 0 Å². The van der Waals surface area contributed by atoms with Gasteiger partial charge >= 0.3 is 0 Å². The highest BCUT2D eigenvalue weighted by atomic mass is 19.1. The highest BCUT2D eigenvalue weighted by Gasteiger charge is 2.26. The lowest BCUT2D eigenvalue weighted by Gasteiger charge is -2.20. The van der Waals surface area contributed by atoms with Crippen molar-refractivity contribution in [3.05, 3.63) is 29.6 Å². The summed E-state index contributed by atoms with van der Waals surface area (Å²) in [5, 5.41) is 6.12. The molecule has 0 aliphatic heterocycles. The number of nitrogens with one attached hydrogen (secondary N) is 2. The summed E-state index contributed by atoms with van der Waals surface area (Å²) in [6.45, 7) is 3.72. The Morgan fingerprint density at radius 1 is 1.40 bits per heavy atom. The first kappa shape index (κ1) is 14.8. The SMILES string of the molecule is COc1ccc(C(C)NC(C)C(=O)NC2CC2)cc1F. The van der Waals surface area contributed by atoms with E-state index in [0.717, 1.165) is 18.4 Å². The maximum absolute atomic E-state index is 13.7. The highest BCUT2D eigenvalue weighted by molar-refractivity contribution is 5.81. The number of methoxy groups -OCH3 is 1. The lowest BCUT2D eigenvalue weighted by molar-refractivity contribution is -0.123. The van der Waals surface area contributed by atoms with Gasteiger partial charge in [-0.1, -0.05) is 6.07 Å². The van der Waals surface area contributed by atoms with Gasteiger partial charge in [-0.3, -0.25) is 10.1 Å². The van der Waals surface area contributed by atoms with Crippen LogP contribution < -0.4 is 15.4 Å². The molecule has 0 spiro atoms. The molecule has 0 heterocycles. The molecule has 110 valence electrons. The van der Waals surface area contributed by atoms with Crippen LogP contribution >= 0.6 is 0 Å². The minimum absolute atomic E-state index is 0.00617. The minimum Gasteiger partial charge on any atom is -0.494 e. The lowest BCUT2D eigenvalue weighted by Crippen LogP contribution is -2.43. The van der Waals surface area contributed by atoms with Crippen LogP contribution in [0.2, 0.25) is 0 Å². The fourth-order valence-electron chi connectivity index (χ4n) is 2.05. The van der Waals surface area contributed by atoms with Gasteiger partial charge in [-0.05, 0) is 44.4 Å². The van der Waals surface area contributed by atoms with Crippen molar-refractivity contribution in [2.24, 2.45) is 0 Å². The van der Waals surface area contributed by atoms with Crippen molar-refractivity contribution in [1.29, 1.82) is 0 Å². The van der Waals surface area contributed by atoms with E-state index in [2.05, 4.69) is 10.6 Å². The number of halogens is 1. The maximum Gasteiger partial charge on any atom is 0.237 e. The molecule has 20 heavy (non-hydrogen) atoms. The van der Waals surface area contributed by atoms with Crippen molar-refractivity contribution >= 4 is 5.91 Å². The van der Waals surface area contributed by atoms with Gasteiger partial charge in [0.05, 0.1) is 13.2 Å². The van der Waals surface area contributed by atoms with E-state index in [1.807, 2.05) is 13.8 Å². The number of hydrogen-bond donors (Lipinski definition) is 2. The molecule has 2 N–H and O–H groups in total. The van der Waals surface area contributed by atoms with Gasteiger partial charge in [0, 0.05) is 12.1 Å². The van der Waals surface area contributed by atoms with E-state index >= 15 is 0 Å². The quantitative estimate of drug-likeness (QED) is 0.839. The Balaban J connectivity index is 1.94. The maximum atomic E-state index is 13.7. The number of rotatable bonds is 6. The second-order valence-corrected chi connectivity index (χ2v) is 5.29. The fourth-order valence-corrected chi connectivity index (χ4v) is 2.05. The number of carbonyl (C=O) groups is 1. The van der Waals surface area contributed by atoms with E-state index in [0.29, 0.717) is 6.04 Å². The van der Waals surface area contributed by atoms with Crippen LogP contribution in [0.3, 0.4) is 0 Å². The van der Waals surface area contributed by atoms with Crippen LogP contribution in [-0.2, 0) is 4.79 Å². The van der Waals surface area contributed by atoms with E-state index in [1.165, 1.54) is 13.2 Å². The second kappa shape index (κ2) is 6.22. The molecular weight excluding hydrogens is 259 g/mol. The molecule has 1 aliphatic rings. The monoisotopic (exact) mass is 280 g/mol. The van der Waals surface area contributed by atoms with Crippen LogP contribution in [0.5, 0.6) is 5.75 Å². The Kier molecular flexibility index (Phi) is 4.60. The third-order valence-electron chi connectivity index (χ3n) is 3.49. The van der Waals surface area contributed by atoms with Gasteiger partial charge in [-0.25, -0.2) is 4.39 Å². The molecule has 2 atom stereocenters. The Labute approximate surface area is 118 Å². The summed E-state index contributed by atoms with van der Waals surface area (Å²) in [6.07, 6.45) is 2.13. The third-order valence-corrected chi connectivity index (χ3v) is 3.49. The number of benzene rings is 1. The average Bonchev–Trinajstić information content (AvgIpc) is 3.22. The summed E-state index contributed by atoms with van der Waals surface area (Å²) in [4.78, 5) is 11.9. The van der Waals surface area contributed by atoms with Crippen molar-refractivity contribution in [1.82, 2.24) is 10.6 Å². The van der Waals surface area contributed by atoms with Gasteiger partial charge in [0.25, 0.3) is 0 Å². The van der Waals surface area contributed by atoms with Crippen LogP contribution in [-0.4, -0.2) is 25.1 Å². The number of carbonyl (C=O) groups excluding carboxylic acids is 1. The van der Waals surface area contributed by atoms with Gasteiger partial charge < -0.3 is 10.1 Å². The summed E-state index contributed by atoms with van der Waals surface area (Å²) in [6, 6.07) is 4.75.